The third-order valence-electron chi connectivity index (χ3n) is 3.73. The minimum absolute atomic E-state index is 0. The fourth-order valence-corrected chi connectivity index (χ4v) is 3.38. The molecule has 2 aromatic rings. The summed E-state index contributed by atoms with van der Waals surface area (Å²) < 4.78 is 16.1. The average Bonchev–Trinajstić information content (AvgIpc) is 3.14. The van der Waals surface area contributed by atoms with Gasteiger partial charge in [0.15, 0.2) is 11.5 Å². The minimum Gasteiger partial charge on any atom is -0.486 e. The van der Waals surface area contributed by atoms with Crippen molar-refractivity contribution in [1.29, 1.82) is 0 Å². The molecule has 26 heavy (non-hydrogen) atoms. The highest BCUT2D eigenvalue weighted by atomic mass is 35.5. The summed E-state index contributed by atoms with van der Waals surface area (Å²) in [6.07, 6.45) is 0. The molecule has 2 heterocycles. The predicted molar refractivity (Wildman–Crippen MR) is 105 cm³/mol. The standard InChI is InChI=1S/C18H22N2O4S.ClH/c1-22-9-8-19-6-7-20-18(21)17-5-4-16(25-17)13-2-3-14-15(12-13)24-11-10-23-14;/h2-5,12,19H,6-11H2,1H3,(H,20,21);1H. The van der Waals surface area contributed by atoms with Gasteiger partial charge in [0.25, 0.3) is 5.91 Å². The Balaban J connectivity index is 0.00000243. The lowest BCUT2D eigenvalue weighted by molar-refractivity contribution is 0.0957. The van der Waals surface area contributed by atoms with Crippen molar-refractivity contribution in [2.45, 2.75) is 0 Å². The number of rotatable bonds is 8. The first-order valence-electron chi connectivity index (χ1n) is 8.25. The Kier molecular flexibility index (Phi) is 8.18. The maximum atomic E-state index is 12.2. The van der Waals surface area contributed by atoms with Gasteiger partial charge in [0.2, 0.25) is 0 Å². The number of carbonyl (C=O) groups is 1. The van der Waals surface area contributed by atoms with E-state index < -0.39 is 0 Å². The van der Waals surface area contributed by atoms with Crippen LogP contribution < -0.4 is 20.1 Å². The molecule has 0 saturated heterocycles. The largest absolute Gasteiger partial charge is 0.486 e. The first-order valence-corrected chi connectivity index (χ1v) is 9.07. The third-order valence-corrected chi connectivity index (χ3v) is 4.86. The molecule has 1 aliphatic heterocycles. The van der Waals surface area contributed by atoms with Gasteiger partial charge in [0, 0.05) is 31.6 Å². The average molecular weight is 399 g/mol. The van der Waals surface area contributed by atoms with E-state index in [0.717, 1.165) is 35.0 Å². The van der Waals surface area contributed by atoms with E-state index >= 15 is 0 Å². The first-order chi connectivity index (χ1) is 12.3. The van der Waals surface area contributed by atoms with Crippen LogP contribution in [0.1, 0.15) is 9.67 Å². The van der Waals surface area contributed by atoms with E-state index in [9.17, 15) is 4.79 Å². The normalized spacial score (nSPS) is 12.3. The van der Waals surface area contributed by atoms with Crippen LogP contribution in [0.3, 0.4) is 0 Å². The number of hydrogen-bond donors (Lipinski definition) is 2. The number of nitrogens with one attached hydrogen (secondary N) is 2. The molecule has 0 saturated carbocycles. The van der Waals surface area contributed by atoms with E-state index in [2.05, 4.69) is 10.6 Å². The molecule has 142 valence electrons. The van der Waals surface area contributed by atoms with Gasteiger partial charge in [-0.3, -0.25) is 4.79 Å². The molecule has 6 nitrogen and oxygen atoms in total. The highest BCUT2D eigenvalue weighted by Crippen LogP contribution is 2.36. The van der Waals surface area contributed by atoms with Crippen LogP contribution in [0.4, 0.5) is 0 Å². The van der Waals surface area contributed by atoms with Gasteiger partial charge in [-0.05, 0) is 35.9 Å². The number of hydrogen-bond acceptors (Lipinski definition) is 6. The second-order valence-electron chi connectivity index (χ2n) is 5.52. The third kappa shape index (κ3) is 5.35. The van der Waals surface area contributed by atoms with Crippen molar-refractivity contribution < 1.29 is 19.0 Å². The molecular formula is C18H23ClN2O4S. The Labute approximate surface area is 163 Å². The lowest BCUT2D eigenvalue weighted by atomic mass is 10.1. The zero-order chi connectivity index (χ0) is 17.5. The molecule has 0 unspecified atom stereocenters. The van der Waals surface area contributed by atoms with Crippen LogP contribution in [-0.2, 0) is 4.74 Å². The van der Waals surface area contributed by atoms with Crippen molar-refractivity contribution >= 4 is 29.7 Å². The molecule has 0 spiro atoms. The molecule has 3 rings (SSSR count). The molecule has 8 heteroatoms. The van der Waals surface area contributed by atoms with Gasteiger partial charge in [0.05, 0.1) is 11.5 Å². The highest BCUT2D eigenvalue weighted by molar-refractivity contribution is 7.17. The number of ether oxygens (including phenoxy) is 3. The quantitative estimate of drug-likeness (QED) is 0.669. The smallest absolute Gasteiger partial charge is 0.261 e. The maximum Gasteiger partial charge on any atom is 0.261 e. The fraction of sp³-hybridized carbons (Fsp3) is 0.389. The minimum atomic E-state index is -0.0534. The maximum absolute atomic E-state index is 12.2. The van der Waals surface area contributed by atoms with E-state index in [-0.39, 0.29) is 18.3 Å². The molecule has 1 aromatic heterocycles. The highest BCUT2D eigenvalue weighted by Gasteiger charge is 2.14. The zero-order valence-corrected chi connectivity index (χ0v) is 16.2. The molecule has 0 fully saturated rings. The monoisotopic (exact) mass is 398 g/mol. The van der Waals surface area contributed by atoms with E-state index in [1.165, 1.54) is 11.3 Å². The lowest BCUT2D eigenvalue weighted by Gasteiger charge is -2.18. The Bertz CT molecular complexity index is 723. The Morgan fingerprint density at radius 1 is 1.12 bits per heavy atom. The molecule has 1 amide bonds. The fourth-order valence-electron chi connectivity index (χ4n) is 2.46. The Morgan fingerprint density at radius 2 is 1.92 bits per heavy atom. The van der Waals surface area contributed by atoms with Crippen molar-refractivity contribution in [2.24, 2.45) is 0 Å². The van der Waals surface area contributed by atoms with Gasteiger partial charge in [-0.1, -0.05) is 0 Å². The summed E-state index contributed by atoms with van der Waals surface area (Å²) >= 11 is 1.47. The summed E-state index contributed by atoms with van der Waals surface area (Å²) in [5, 5.41) is 6.11. The summed E-state index contributed by atoms with van der Waals surface area (Å²) in [4.78, 5) is 13.9. The van der Waals surface area contributed by atoms with Crippen molar-refractivity contribution in [3.8, 4) is 21.9 Å². The molecule has 1 aromatic carbocycles. The van der Waals surface area contributed by atoms with Crippen LogP contribution in [0.15, 0.2) is 30.3 Å². The second-order valence-corrected chi connectivity index (χ2v) is 6.60. The summed E-state index contributed by atoms with van der Waals surface area (Å²) in [7, 11) is 1.67. The van der Waals surface area contributed by atoms with E-state index in [0.29, 0.717) is 31.2 Å². The molecule has 0 bridgehead atoms. The van der Waals surface area contributed by atoms with Crippen molar-refractivity contribution in [1.82, 2.24) is 10.6 Å². The second kappa shape index (κ2) is 10.4. The van der Waals surface area contributed by atoms with Crippen molar-refractivity contribution in [3.05, 3.63) is 35.2 Å². The topological polar surface area (TPSA) is 68.8 Å². The Hall–Kier alpha value is -1.80. The van der Waals surface area contributed by atoms with Gasteiger partial charge in [0.1, 0.15) is 13.2 Å². The van der Waals surface area contributed by atoms with Crippen LogP contribution in [-0.4, -0.2) is 52.5 Å². The van der Waals surface area contributed by atoms with Crippen LogP contribution in [0.2, 0.25) is 0 Å². The zero-order valence-electron chi connectivity index (χ0n) is 14.6. The van der Waals surface area contributed by atoms with Gasteiger partial charge in [-0.25, -0.2) is 0 Å². The lowest BCUT2D eigenvalue weighted by Crippen LogP contribution is -2.32. The predicted octanol–water partition coefficient (Wildman–Crippen LogP) is 2.57. The molecule has 0 atom stereocenters. The first kappa shape index (κ1) is 20.5. The van der Waals surface area contributed by atoms with Crippen LogP contribution >= 0.6 is 23.7 Å². The number of fused-ring (bicyclic) bond motifs is 1. The van der Waals surface area contributed by atoms with E-state index in [1.807, 2.05) is 30.3 Å². The van der Waals surface area contributed by atoms with Gasteiger partial charge in [-0.15, -0.1) is 23.7 Å². The number of methoxy groups -OCH3 is 1. The van der Waals surface area contributed by atoms with Crippen molar-refractivity contribution in [2.75, 3.05) is 46.6 Å². The number of amides is 1. The van der Waals surface area contributed by atoms with Gasteiger partial charge in [-0.2, -0.15) is 0 Å². The number of thiophene rings is 1. The van der Waals surface area contributed by atoms with Crippen molar-refractivity contribution in [3.63, 3.8) is 0 Å². The van der Waals surface area contributed by atoms with E-state index in [1.54, 1.807) is 7.11 Å². The van der Waals surface area contributed by atoms with Gasteiger partial charge < -0.3 is 24.8 Å². The molecule has 2 N–H and O–H groups in total. The van der Waals surface area contributed by atoms with E-state index in [4.69, 9.17) is 14.2 Å². The van der Waals surface area contributed by atoms with Crippen LogP contribution in [0.25, 0.3) is 10.4 Å². The summed E-state index contributed by atoms with van der Waals surface area (Å²) in [5.41, 5.74) is 1.02. The number of benzene rings is 1. The van der Waals surface area contributed by atoms with Crippen LogP contribution in [0.5, 0.6) is 11.5 Å². The molecule has 1 aliphatic rings. The number of carbonyl (C=O) groups excluding carboxylic acids is 1. The Morgan fingerprint density at radius 3 is 2.73 bits per heavy atom. The summed E-state index contributed by atoms with van der Waals surface area (Å²) in [6.45, 7) is 3.88. The van der Waals surface area contributed by atoms with Crippen LogP contribution in [0, 0.1) is 0 Å². The number of halogens is 1. The van der Waals surface area contributed by atoms with Gasteiger partial charge >= 0.3 is 0 Å². The molecule has 0 aliphatic carbocycles. The summed E-state index contributed by atoms with van der Waals surface area (Å²) in [5.74, 6) is 1.47. The summed E-state index contributed by atoms with van der Waals surface area (Å²) in [6, 6.07) is 9.67. The SMILES string of the molecule is COCCNCCNC(=O)c1ccc(-c2ccc3c(c2)OCCO3)s1.Cl. The molecular weight excluding hydrogens is 376 g/mol. The molecule has 0 radical (unpaired) electrons.